The van der Waals surface area contributed by atoms with E-state index in [2.05, 4.69) is 15.3 Å². The Kier molecular flexibility index (Phi) is 3.81. The first-order valence-corrected chi connectivity index (χ1v) is 8.92. The van der Waals surface area contributed by atoms with Crippen molar-refractivity contribution in [3.05, 3.63) is 42.1 Å². The number of hydrogen-bond donors (Lipinski definition) is 1. The number of hydrogen-bond acceptors (Lipinski definition) is 7. The number of amides is 1. The third-order valence-corrected chi connectivity index (χ3v) is 4.86. The molecule has 0 spiro atoms. The van der Waals surface area contributed by atoms with Crippen LogP contribution >= 0.6 is 0 Å². The monoisotopic (exact) mass is 366 g/mol. The summed E-state index contributed by atoms with van der Waals surface area (Å²) in [5.74, 6) is 1.40. The van der Waals surface area contributed by atoms with Crippen LogP contribution in [-0.4, -0.2) is 35.3 Å². The summed E-state index contributed by atoms with van der Waals surface area (Å²) in [4.78, 5) is 23.3. The Balaban J connectivity index is 1.29. The molecule has 5 rings (SSSR count). The highest BCUT2D eigenvalue weighted by atomic mass is 16.7. The van der Waals surface area contributed by atoms with Crippen molar-refractivity contribution in [2.45, 2.75) is 25.4 Å². The lowest BCUT2D eigenvalue weighted by Crippen LogP contribution is -2.43. The number of nitrogens with zero attached hydrogens (tertiary/aromatic N) is 3. The summed E-state index contributed by atoms with van der Waals surface area (Å²) in [6.07, 6.45) is 3.35. The van der Waals surface area contributed by atoms with Gasteiger partial charge in [-0.05, 0) is 42.7 Å². The fourth-order valence-corrected chi connectivity index (χ4v) is 3.51. The van der Waals surface area contributed by atoms with Crippen LogP contribution in [0.5, 0.6) is 11.5 Å². The summed E-state index contributed by atoms with van der Waals surface area (Å²) in [7, 11) is 0. The van der Waals surface area contributed by atoms with Crippen LogP contribution in [0, 0.1) is 0 Å². The van der Waals surface area contributed by atoms with Crippen molar-refractivity contribution in [1.29, 1.82) is 0 Å². The van der Waals surface area contributed by atoms with E-state index >= 15 is 0 Å². The molecule has 1 N–H and O–H groups in total. The molecule has 8 heteroatoms. The molecule has 27 heavy (non-hydrogen) atoms. The Hall–Kier alpha value is -3.29. The molecule has 0 bridgehead atoms. The Morgan fingerprint density at radius 2 is 2.19 bits per heavy atom. The summed E-state index contributed by atoms with van der Waals surface area (Å²) in [5, 5.41) is 3.00. The largest absolute Gasteiger partial charge is 0.454 e. The van der Waals surface area contributed by atoms with Crippen LogP contribution in [0.2, 0.25) is 0 Å². The predicted octanol–water partition coefficient (Wildman–Crippen LogP) is 2.24. The minimum absolute atomic E-state index is 0.0413. The Labute approximate surface area is 155 Å². The number of aromatic nitrogens is 2. The third-order valence-electron chi connectivity index (χ3n) is 4.86. The van der Waals surface area contributed by atoms with Gasteiger partial charge >= 0.3 is 6.01 Å². The van der Waals surface area contributed by atoms with Crippen LogP contribution in [0.4, 0.5) is 6.01 Å². The van der Waals surface area contributed by atoms with E-state index in [0.29, 0.717) is 29.5 Å². The Morgan fingerprint density at radius 3 is 3.11 bits per heavy atom. The number of carbonyl (C=O) groups excluding carboxylic acids is 1. The van der Waals surface area contributed by atoms with Gasteiger partial charge in [-0.25, -0.2) is 4.98 Å². The highest BCUT2D eigenvalue weighted by Crippen LogP contribution is 2.32. The second-order valence-electron chi connectivity index (χ2n) is 6.58. The van der Waals surface area contributed by atoms with Gasteiger partial charge in [-0.1, -0.05) is 6.07 Å². The molecule has 1 aromatic carbocycles. The second-order valence-corrected chi connectivity index (χ2v) is 6.58. The number of carbonyl (C=O) groups is 1. The molecule has 8 nitrogen and oxygen atoms in total. The average Bonchev–Trinajstić information content (AvgIpc) is 3.43. The van der Waals surface area contributed by atoms with E-state index in [4.69, 9.17) is 13.9 Å². The molecule has 2 aromatic heterocycles. The van der Waals surface area contributed by atoms with E-state index in [-0.39, 0.29) is 18.7 Å². The highest BCUT2D eigenvalue weighted by molar-refractivity contribution is 5.85. The maximum atomic E-state index is 12.8. The standard InChI is InChI=1S/C19H18N4O4/c24-18(21-10-12-5-6-14-16(9-12)26-11-25-14)13-3-2-8-23(13)19-22-17-15(27-19)4-1-7-20-17/h1,4-7,9,13H,2-3,8,10-11H2,(H,21,24). The fourth-order valence-electron chi connectivity index (χ4n) is 3.51. The molecule has 0 saturated carbocycles. The van der Waals surface area contributed by atoms with Crippen molar-refractivity contribution in [2.24, 2.45) is 0 Å². The van der Waals surface area contributed by atoms with Crippen LogP contribution in [0.25, 0.3) is 11.2 Å². The predicted molar refractivity (Wildman–Crippen MR) is 96.6 cm³/mol. The van der Waals surface area contributed by atoms with Gasteiger partial charge in [0.2, 0.25) is 18.3 Å². The smallest absolute Gasteiger partial charge is 0.300 e. The molecule has 4 heterocycles. The maximum absolute atomic E-state index is 12.8. The van der Waals surface area contributed by atoms with Gasteiger partial charge in [0.25, 0.3) is 0 Å². The molecule has 2 aliphatic heterocycles. The van der Waals surface area contributed by atoms with Gasteiger partial charge in [-0.2, -0.15) is 4.98 Å². The van der Waals surface area contributed by atoms with E-state index in [1.165, 1.54) is 0 Å². The normalized spacial score (nSPS) is 18.2. The van der Waals surface area contributed by atoms with Gasteiger partial charge in [-0.15, -0.1) is 0 Å². The summed E-state index contributed by atoms with van der Waals surface area (Å²) in [6.45, 7) is 1.39. The van der Waals surface area contributed by atoms with Crippen molar-refractivity contribution in [2.75, 3.05) is 18.2 Å². The number of fused-ring (bicyclic) bond motifs is 2. The fraction of sp³-hybridized carbons (Fsp3) is 0.316. The lowest BCUT2D eigenvalue weighted by atomic mass is 10.1. The van der Waals surface area contributed by atoms with Gasteiger partial charge in [0.15, 0.2) is 17.1 Å². The molecular weight excluding hydrogens is 348 g/mol. The molecule has 1 saturated heterocycles. The zero-order valence-corrected chi connectivity index (χ0v) is 14.6. The van der Waals surface area contributed by atoms with Crippen molar-refractivity contribution in [3.8, 4) is 11.5 Å². The van der Waals surface area contributed by atoms with Gasteiger partial charge < -0.3 is 24.1 Å². The van der Waals surface area contributed by atoms with Crippen molar-refractivity contribution < 1.29 is 18.7 Å². The van der Waals surface area contributed by atoms with Crippen LogP contribution in [0.3, 0.4) is 0 Å². The number of ether oxygens (including phenoxy) is 2. The minimum Gasteiger partial charge on any atom is -0.454 e. The quantitative estimate of drug-likeness (QED) is 0.757. The summed E-state index contributed by atoms with van der Waals surface area (Å²) in [6, 6.07) is 9.45. The number of benzene rings is 1. The first kappa shape index (κ1) is 15.9. The molecule has 1 amide bonds. The Bertz CT molecular complexity index is 969. The highest BCUT2D eigenvalue weighted by Gasteiger charge is 2.33. The van der Waals surface area contributed by atoms with Crippen LogP contribution in [0.1, 0.15) is 18.4 Å². The second kappa shape index (κ2) is 6.46. The first-order valence-electron chi connectivity index (χ1n) is 8.92. The summed E-state index contributed by atoms with van der Waals surface area (Å²) in [5.41, 5.74) is 2.14. The van der Waals surface area contributed by atoms with Crippen molar-refractivity contribution in [3.63, 3.8) is 0 Å². The van der Waals surface area contributed by atoms with Gasteiger partial charge in [0.05, 0.1) is 0 Å². The number of rotatable bonds is 4. The molecule has 2 aliphatic rings. The summed E-state index contributed by atoms with van der Waals surface area (Å²) < 4.78 is 16.5. The molecule has 1 unspecified atom stereocenters. The number of oxazole rings is 1. The van der Waals surface area contributed by atoms with Gasteiger partial charge in [0, 0.05) is 19.3 Å². The van der Waals surface area contributed by atoms with E-state index in [9.17, 15) is 4.79 Å². The third kappa shape index (κ3) is 2.92. The van der Waals surface area contributed by atoms with E-state index in [1.54, 1.807) is 12.3 Å². The molecule has 1 atom stereocenters. The SMILES string of the molecule is O=C(NCc1ccc2c(c1)OCO2)C1CCCN1c1nc2ncccc2o1. The summed E-state index contributed by atoms with van der Waals surface area (Å²) >= 11 is 0. The van der Waals surface area contributed by atoms with E-state index < -0.39 is 0 Å². The number of anilines is 1. The van der Waals surface area contributed by atoms with Crippen LogP contribution in [0.15, 0.2) is 40.9 Å². The van der Waals surface area contributed by atoms with Crippen molar-refractivity contribution in [1.82, 2.24) is 15.3 Å². The minimum atomic E-state index is -0.299. The maximum Gasteiger partial charge on any atom is 0.300 e. The molecule has 1 fully saturated rings. The molecule has 3 aromatic rings. The topological polar surface area (TPSA) is 89.7 Å². The van der Waals surface area contributed by atoms with Crippen molar-refractivity contribution >= 4 is 23.2 Å². The Morgan fingerprint density at radius 1 is 1.26 bits per heavy atom. The van der Waals surface area contributed by atoms with Crippen LogP contribution < -0.4 is 19.7 Å². The molecule has 0 aliphatic carbocycles. The molecular formula is C19H18N4O4. The number of pyridine rings is 1. The van der Waals surface area contributed by atoms with Crippen LogP contribution in [-0.2, 0) is 11.3 Å². The molecule has 138 valence electrons. The number of nitrogens with one attached hydrogen (secondary N) is 1. The lowest BCUT2D eigenvalue weighted by Gasteiger charge is -2.21. The molecule has 0 radical (unpaired) electrons. The lowest BCUT2D eigenvalue weighted by molar-refractivity contribution is -0.122. The van der Waals surface area contributed by atoms with Gasteiger partial charge in [0.1, 0.15) is 6.04 Å². The first-order chi connectivity index (χ1) is 13.3. The average molecular weight is 366 g/mol. The van der Waals surface area contributed by atoms with E-state index in [1.807, 2.05) is 29.2 Å². The van der Waals surface area contributed by atoms with E-state index in [0.717, 1.165) is 30.7 Å². The van der Waals surface area contributed by atoms with Gasteiger partial charge in [-0.3, -0.25) is 4.79 Å². The zero-order chi connectivity index (χ0) is 18.2. The zero-order valence-electron chi connectivity index (χ0n) is 14.6.